The van der Waals surface area contributed by atoms with Gasteiger partial charge in [-0.15, -0.1) is 0 Å². The topological polar surface area (TPSA) is 238 Å². The summed E-state index contributed by atoms with van der Waals surface area (Å²) in [5.41, 5.74) is 5.29. The molecule has 15 heteroatoms. The minimum atomic E-state index is -1.29. The van der Waals surface area contributed by atoms with E-state index in [1.54, 1.807) is 13.8 Å². The Morgan fingerprint density at radius 3 is 1.77 bits per heavy atom. The second kappa shape index (κ2) is 18.8. The average molecular weight is 626 g/mol. The van der Waals surface area contributed by atoms with Gasteiger partial charge in [-0.3, -0.25) is 33.6 Å². The molecule has 15 nitrogen and oxygen atoms in total. The van der Waals surface area contributed by atoms with Gasteiger partial charge in [0.1, 0.15) is 30.7 Å². The Morgan fingerprint density at radius 1 is 0.773 bits per heavy atom. The summed E-state index contributed by atoms with van der Waals surface area (Å²) in [6, 6.07) is -4.79. The maximum Gasteiger partial charge on any atom is 0.322 e. The first-order valence-electron chi connectivity index (χ1n) is 15.2. The minimum Gasteiger partial charge on any atom is -0.480 e. The van der Waals surface area contributed by atoms with Crippen LogP contribution in [0.5, 0.6) is 0 Å². The van der Waals surface area contributed by atoms with Crippen molar-refractivity contribution in [2.24, 2.45) is 23.5 Å². The number of amides is 6. The number of carboxylic acids is 1. The van der Waals surface area contributed by atoms with Crippen LogP contribution in [0.4, 0.5) is 0 Å². The molecule has 1 saturated heterocycles. The molecule has 1 aliphatic rings. The fraction of sp³-hybridized carbons (Fsp3) is 0.759. The first-order valence-corrected chi connectivity index (χ1v) is 15.2. The molecular formula is C29H51N7O8. The Hall–Kier alpha value is -3.75. The molecule has 44 heavy (non-hydrogen) atoms. The molecule has 250 valence electrons. The van der Waals surface area contributed by atoms with Crippen LogP contribution >= 0.6 is 0 Å². The second-order valence-electron chi connectivity index (χ2n) is 12.4. The lowest BCUT2D eigenvalue weighted by Crippen LogP contribution is -2.60. The molecule has 9 N–H and O–H groups in total. The zero-order valence-electron chi connectivity index (χ0n) is 26.7. The molecule has 0 bridgehead atoms. The van der Waals surface area contributed by atoms with Crippen LogP contribution in [0.3, 0.4) is 0 Å². The van der Waals surface area contributed by atoms with E-state index in [-0.39, 0.29) is 49.3 Å². The van der Waals surface area contributed by atoms with E-state index in [1.165, 1.54) is 0 Å². The lowest BCUT2D eigenvalue weighted by atomic mass is 9.98. The molecule has 0 aromatic heterocycles. The van der Waals surface area contributed by atoms with Crippen LogP contribution < -0.4 is 37.6 Å². The Balaban J connectivity index is 3.13. The smallest absolute Gasteiger partial charge is 0.322 e. The van der Waals surface area contributed by atoms with E-state index < -0.39 is 72.3 Å². The number of carbonyl (C=O) groups excluding carboxylic acids is 6. The molecule has 5 atom stereocenters. The van der Waals surface area contributed by atoms with Gasteiger partial charge in [-0.1, -0.05) is 41.5 Å². The molecule has 0 aromatic rings. The standard InChI is InChI=1S/C29H51N7O8/c1-15(2)12-20(25(40)32-14-23(38)39)34-27(42)19(9-10-22(30)37)33-28(43)21(13-16(3)4)35-29(44)24(17(5)6)36-26(41)18-8-7-11-31-18/h15-21,24,31H,7-14H2,1-6H3,(H2,30,37)(H,32,40)(H,33,43)(H,34,42)(H,35,44)(H,36,41)(H,38,39)/t18-,19-,20-,21-,24-/m0/s1. The number of carboxylic acid groups (broad SMARTS) is 1. The van der Waals surface area contributed by atoms with Gasteiger partial charge in [0.2, 0.25) is 35.4 Å². The van der Waals surface area contributed by atoms with E-state index in [1.807, 2.05) is 27.7 Å². The van der Waals surface area contributed by atoms with E-state index in [0.29, 0.717) is 13.0 Å². The fourth-order valence-electron chi connectivity index (χ4n) is 4.75. The van der Waals surface area contributed by atoms with Gasteiger partial charge in [0.05, 0.1) is 6.04 Å². The summed E-state index contributed by atoms with van der Waals surface area (Å²) < 4.78 is 0. The van der Waals surface area contributed by atoms with Crippen molar-refractivity contribution in [1.29, 1.82) is 0 Å². The van der Waals surface area contributed by atoms with Crippen LogP contribution in [0.1, 0.15) is 80.1 Å². The second-order valence-corrected chi connectivity index (χ2v) is 12.4. The maximum absolute atomic E-state index is 13.5. The number of aliphatic carboxylic acids is 1. The van der Waals surface area contributed by atoms with Crippen LogP contribution in [0, 0.1) is 17.8 Å². The third kappa shape index (κ3) is 14.1. The number of primary amides is 1. The average Bonchev–Trinajstić information content (AvgIpc) is 3.46. The summed E-state index contributed by atoms with van der Waals surface area (Å²) in [4.78, 5) is 88.0. The van der Waals surface area contributed by atoms with Gasteiger partial charge in [-0.05, 0) is 56.4 Å². The largest absolute Gasteiger partial charge is 0.480 e. The van der Waals surface area contributed by atoms with Crippen LogP contribution in [0.25, 0.3) is 0 Å². The minimum absolute atomic E-state index is 0.0490. The van der Waals surface area contributed by atoms with Crippen molar-refractivity contribution < 1.29 is 38.7 Å². The number of nitrogens with two attached hydrogens (primary N) is 1. The Labute approximate surface area is 259 Å². The third-order valence-corrected chi connectivity index (χ3v) is 7.03. The van der Waals surface area contributed by atoms with Gasteiger partial charge in [0, 0.05) is 6.42 Å². The lowest BCUT2D eigenvalue weighted by Gasteiger charge is -2.28. The van der Waals surface area contributed by atoms with Gasteiger partial charge < -0.3 is 42.7 Å². The van der Waals surface area contributed by atoms with Crippen molar-refractivity contribution in [2.45, 2.75) is 110 Å². The number of carbonyl (C=O) groups is 7. The van der Waals surface area contributed by atoms with Gasteiger partial charge in [0.15, 0.2) is 0 Å². The monoisotopic (exact) mass is 625 g/mol. The molecule has 0 radical (unpaired) electrons. The SMILES string of the molecule is CC(C)C[C@H](NC(=O)[C@H](CCC(N)=O)NC(=O)[C@H](CC(C)C)NC(=O)[C@@H](NC(=O)[C@@H]1CCCN1)C(C)C)C(=O)NCC(=O)O. The number of hydrogen-bond acceptors (Lipinski definition) is 8. The molecule has 1 aliphatic heterocycles. The van der Waals surface area contributed by atoms with Crippen LogP contribution in [-0.4, -0.2) is 89.8 Å². The molecule has 0 aliphatic carbocycles. The van der Waals surface area contributed by atoms with Crippen molar-refractivity contribution in [3.05, 3.63) is 0 Å². The van der Waals surface area contributed by atoms with Crippen LogP contribution in [-0.2, 0) is 33.6 Å². The summed E-state index contributed by atoms with van der Waals surface area (Å²) in [7, 11) is 0. The van der Waals surface area contributed by atoms with Crippen molar-refractivity contribution in [3.8, 4) is 0 Å². The molecule has 0 unspecified atom stereocenters. The van der Waals surface area contributed by atoms with Crippen molar-refractivity contribution in [3.63, 3.8) is 0 Å². The molecule has 0 saturated carbocycles. The highest BCUT2D eigenvalue weighted by atomic mass is 16.4. The summed E-state index contributed by atoms with van der Waals surface area (Å²) in [6.45, 7) is 10.9. The summed E-state index contributed by atoms with van der Waals surface area (Å²) in [5.74, 6) is -5.41. The number of hydrogen-bond donors (Lipinski definition) is 8. The van der Waals surface area contributed by atoms with E-state index in [0.717, 1.165) is 6.42 Å². The third-order valence-electron chi connectivity index (χ3n) is 7.03. The molecule has 0 spiro atoms. The van der Waals surface area contributed by atoms with E-state index in [9.17, 15) is 33.6 Å². The zero-order chi connectivity index (χ0) is 33.6. The van der Waals surface area contributed by atoms with Crippen molar-refractivity contribution >= 4 is 41.4 Å². The fourth-order valence-corrected chi connectivity index (χ4v) is 4.75. The number of nitrogens with one attached hydrogen (secondary N) is 6. The first-order chi connectivity index (χ1) is 20.5. The summed E-state index contributed by atoms with van der Waals surface area (Å²) >= 11 is 0. The van der Waals surface area contributed by atoms with Crippen LogP contribution in [0.2, 0.25) is 0 Å². The predicted molar refractivity (Wildman–Crippen MR) is 162 cm³/mol. The van der Waals surface area contributed by atoms with Gasteiger partial charge in [0.25, 0.3) is 0 Å². The molecule has 0 aromatic carbocycles. The molecule has 1 rings (SSSR count). The Kier molecular flexibility index (Phi) is 16.4. The van der Waals surface area contributed by atoms with E-state index in [4.69, 9.17) is 10.8 Å². The molecule has 1 fully saturated rings. The van der Waals surface area contributed by atoms with E-state index in [2.05, 4.69) is 31.9 Å². The number of rotatable bonds is 19. The van der Waals surface area contributed by atoms with Gasteiger partial charge in [-0.2, -0.15) is 0 Å². The van der Waals surface area contributed by atoms with Gasteiger partial charge in [-0.25, -0.2) is 0 Å². The Morgan fingerprint density at radius 2 is 1.30 bits per heavy atom. The Bertz CT molecular complexity index is 1030. The normalized spacial score (nSPS) is 17.3. The quantitative estimate of drug-likeness (QED) is 0.0867. The zero-order valence-corrected chi connectivity index (χ0v) is 26.7. The lowest BCUT2D eigenvalue weighted by molar-refractivity contribution is -0.138. The van der Waals surface area contributed by atoms with Gasteiger partial charge >= 0.3 is 5.97 Å². The molecule has 1 heterocycles. The summed E-state index contributed by atoms with van der Waals surface area (Å²) in [5, 5.41) is 24.9. The highest BCUT2D eigenvalue weighted by molar-refractivity contribution is 5.96. The van der Waals surface area contributed by atoms with Crippen molar-refractivity contribution in [1.82, 2.24) is 31.9 Å². The molecular weight excluding hydrogens is 574 g/mol. The first kappa shape index (κ1) is 38.3. The highest BCUT2D eigenvalue weighted by Crippen LogP contribution is 2.12. The maximum atomic E-state index is 13.5. The predicted octanol–water partition coefficient (Wildman–Crippen LogP) is -1.11. The van der Waals surface area contributed by atoms with Crippen LogP contribution in [0.15, 0.2) is 0 Å². The highest BCUT2D eigenvalue weighted by Gasteiger charge is 2.34. The molecule has 6 amide bonds. The summed E-state index contributed by atoms with van der Waals surface area (Å²) in [6.07, 6.45) is 1.46. The van der Waals surface area contributed by atoms with E-state index >= 15 is 0 Å². The van der Waals surface area contributed by atoms with Crippen molar-refractivity contribution in [2.75, 3.05) is 13.1 Å².